The summed E-state index contributed by atoms with van der Waals surface area (Å²) in [4.78, 5) is 10.2. The van der Waals surface area contributed by atoms with Gasteiger partial charge in [0.05, 0.1) is 0 Å². The number of allylic oxidation sites excluding steroid dienone is 1. The summed E-state index contributed by atoms with van der Waals surface area (Å²) in [5.74, 6) is 1.05. The number of carbonyl (C=O) groups excluding carboxylic acids is 1. The quantitative estimate of drug-likeness (QED) is 0.538. The molecule has 0 bridgehead atoms. The largest absolute Gasteiger partial charge is 0.295 e. The van der Waals surface area contributed by atoms with E-state index in [0.29, 0.717) is 0 Å². The Morgan fingerprint density at radius 1 is 1.75 bits per heavy atom. The van der Waals surface area contributed by atoms with Crippen molar-refractivity contribution in [3.63, 3.8) is 0 Å². The summed E-state index contributed by atoms with van der Waals surface area (Å²) < 4.78 is 0. The van der Waals surface area contributed by atoms with Gasteiger partial charge in [0.2, 0.25) is 0 Å². The molecule has 0 radical (unpaired) electrons. The molecule has 0 aliphatic heterocycles. The van der Waals surface area contributed by atoms with E-state index < -0.39 is 0 Å². The molecule has 0 saturated heterocycles. The SMILES string of the molecule is CSC/C=C/C(C)=O. The first-order valence-electron chi connectivity index (χ1n) is 2.43. The first kappa shape index (κ1) is 7.76. The number of thioether (sulfide) groups is 1. The summed E-state index contributed by atoms with van der Waals surface area (Å²) in [6, 6.07) is 0. The smallest absolute Gasteiger partial charge is 0.152 e. The van der Waals surface area contributed by atoms with E-state index in [1.165, 1.54) is 0 Å². The van der Waals surface area contributed by atoms with Crippen molar-refractivity contribution in [3.05, 3.63) is 12.2 Å². The molecule has 0 aliphatic rings. The molecule has 8 heavy (non-hydrogen) atoms. The average molecular weight is 130 g/mol. The van der Waals surface area contributed by atoms with Crippen LogP contribution in [-0.4, -0.2) is 17.8 Å². The van der Waals surface area contributed by atoms with Crippen LogP contribution >= 0.6 is 11.8 Å². The number of ketones is 1. The molecule has 0 fully saturated rings. The van der Waals surface area contributed by atoms with E-state index in [-0.39, 0.29) is 5.78 Å². The Kier molecular flexibility index (Phi) is 4.76. The van der Waals surface area contributed by atoms with Crippen molar-refractivity contribution >= 4 is 17.5 Å². The predicted octanol–water partition coefficient (Wildman–Crippen LogP) is 1.49. The Labute approximate surface area is 54.2 Å². The van der Waals surface area contributed by atoms with Gasteiger partial charge in [0, 0.05) is 5.75 Å². The lowest BCUT2D eigenvalue weighted by molar-refractivity contribution is -0.112. The van der Waals surface area contributed by atoms with E-state index in [1.807, 2.05) is 12.3 Å². The Bertz CT molecular complexity index is 96.7. The molecule has 0 aliphatic carbocycles. The van der Waals surface area contributed by atoms with Gasteiger partial charge in [0.25, 0.3) is 0 Å². The summed E-state index contributed by atoms with van der Waals surface area (Å²) in [5, 5.41) is 0. The van der Waals surface area contributed by atoms with E-state index in [1.54, 1.807) is 24.8 Å². The molecule has 0 amide bonds. The molecule has 1 nitrogen and oxygen atoms in total. The lowest BCUT2D eigenvalue weighted by atomic mass is 10.4. The van der Waals surface area contributed by atoms with Gasteiger partial charge in [-0.3, -0.25) is 4.79 Å². The molecule has 0 rings (SSSR count). The molecule has 0 aromatic carbocycles. The highest BCUT2D eigenvalue weighted by Crippen LogP contribution is 1.90. The minimum Gasteiger partial charge on any atom is -0.295 e. The maximum Gasteiger partial charge on any atom is 0.152 e. The van der Waals surface area contributed by atoms with Crippen molar-refractivity contribution in [1.82, 2.24) is 0 Å². The molecule has 0 unspecified atom stereocenters. The van der Waals surface area contributed by atoms with Gasteiger partial charge in [0.1, 0.15) is 0 Å². The Balaban J connectivity index is 3.20. The van der Waals surface area contributed by atoms with Crippen molar-refractivity contribution < 1.29 is 4.79 Å². The number of rotatable bonds is 3. The van der Waals surface area contributed by atoms with Gasteiger partial charge in [-0.15, -0.1) is 0 Å². The summed E-state index contributed by atoms with van der Waals surface area (Å²) in [6.45, 7) is 1.55. The van der Waals surface area contributed by atoms with Gasteiger partial charge in [-0.05, 0) is 19.3 Å². The van der Waals surface area contributed by atoms with Gasteiger partial charge in [-0.1, -0.05) is 6.08 Å². The molecular weight excluding hydrogens is 120 g/mol. The van der Waals surface area contributed by atoms with E-state index in [9.17, 15) is 4.79 Å². The first-order valence-corrected chi connectivity index (χ1v) is 3.83. The molecule has 46 valence electrons. The summed E-state index contributed by atoms with van der Waals surface area (Å²) in [5.41, 5.74) is 0. The monoisotopic (exact) mass is 130 g/mol. The van der Waals surface area contributed by atoms with Crippen LogP contribution < -0.4 is 0 Å². The van der Waals surface area contributed by atoms with Crippen LogP contribution in [0.2, 0.25) is 0 Å². The van der Waals surface area contributed by atoms with Crippen molar-refractivity contribution in [1.29, 1.82) is 0 Å². The first-order chi connectivity index (χ1) is 3.77. The minimum atomic E-state index is 0.124. The number of hydrogen-bond acceptors (Lipinski definition) is 2. The number of hydrogen-bond donors (Lipinski definition) is 0. The summed E-state index contributed by atoms with van der Waals surface area (Å²) in [6.07, 6.45) is 5.47. The number of carbonyl (C=O) groups is 1. The van der Waals surface area contributed by atoms with E-state index >= 15 is 0 Å². The molecule has 0 spiro atoms. The van der Waals surface area contributed by atoms with E-state index in [4.69, 9.17) is 0 Å². The van der Waals surface area contributed by atoms with Crippen LogP contribution in [0.15, 0.2) is 12.2 Å². The van der Waals surface area contributed by atoms with Crippen LogP contribution in [0.4, 0.5) is 0 Å². The second-order valence-corrected chi connectivity index (χ2v) is 2.38. The van der Waals surface area contributed by atoms with Crippen molar-refractivity contribution in [3.8, 4) is 0 Å². The third-order valence-corrected chi connectivity index (χ3v) is 1.14. The Morgan fingerprint density at radius 2 is 2.38 bits per heavy atom. The summed E-state index contributed by atoms with van der Waals surface area (Å²) in [7, 11) is 0. The highest BCUT2D eigenvalue weighted by Gasteiger charge is 1.78. The molecule has 0 aromatic rings. The second kappa shape index (κ2) is 4.91. The fourth-order valence-electron chi connectivity index (χ4n) is 0.310. The van der Waals surface area contributed by atoms with E-state index in [2.05, 4.69) is 0 Å². The molecule has 0 aromatic heterocycles. The molecular formula is C6H10OS. The van der Waals surface area contributed by atoms with Crippen LogP contribution in [0.1, 0.15) is 6.92 Å². The topological polar surface area (TPSA) is 17.1 Å². The summed E-state index contributed by atoms with van der Waals surface area (Å²) >= 11 is 1.70. The fraction of sp³-hybridized carbons (Fsp3) is 0.500. The third-order valence-electron chi connectivity index (χ3n) is 0.615. The van der Waals surface area contributed by atoms with Gasteiger partial charge in [-0.25, -0.2) is 0 Å². The van der Waals surface area contributed by atoms with E-state index in [0.717, 1.165) is 5.75 Å². The van der Waals surface area contributed by atoms with Gasteiger partial charge >= 0.3 is 0 Å². The van der Waals surface area contributed by atoms with Crippen molar-refractivity contribution in [2.75, 3.05) is 12.0 Å². The van der Waals surface area contributed by atoms with Crippen LogP contribution in [0.25, 0.3) is 0 Å². The van der Waals surface area contributed by atoms with Crippen LogP contribution in [0.5, 0.6) is 0 Å². The Hall–Kier alpha value is -0.240. The normalized spacial score (nSPS) is 10.2. The maximum atomic E-state index is 10.2. The van der Waals surface area contributed by atoms with Crippen molar-refractivity contribution in [2.45, 2.75) is 6.92 Å². The average Bonchev–Trinajstić information content (AvgIpc) is 1.66. The molecule has 0 saturated carbocycles. The molecule has 2 heteroatoms. The second-order valence-electron chi connectivity index (χ2n) is 1.47. The van der Waals surface area contributed by atoms with Gasteiger partial charge < -0.3 is 0 Å². The lowest BCUT2D eigenvalue weighted by Crippen LogP contribution is -1.79. The predicted molar refractivity (Wildman–Crippen MR) is 38.2 cm³/mol. The maximum absolute atomic E-state index is 10.2. The van der Waals surface area contributed by atoms with Gasteiger partial charge in [-0.2, -0.15) is 11.8 Å². The van der Waals surface area contributed by atoms with Crippen LogP contribution in [-0.2, 0) is 4.79 Å². The zero-order valence-electron chi connectivity index (χ0n) is 5.18. The molecule has 0 N–H and O–H groups in total. The van der Waals surface area contributed by atoms with Crippen LogP contribution in [0, 0.1) is 0 Å². The van der Waals surface area contributed by atoms with Crippen molar-refractivity contribution in [2.24, 2.45) is 0 Å². The lowest BCUT2D eigenvalue weighted by Gasteiger charge is -1.80. The highest BCUT2D eigenvalue weighted by atomic mass is 32.2. The Morgan fingerprint density at radius 3 is 2.75 bits per heavy atom. The standard InChI is InChI=1S/C6H10OS/c1-6(7)4-3-5-8-2/h3-4H,5H2,1-2H3/b4-3+. The highest BCUT2D eigenvalue weighted by molar-refractivity contribution is 7.98. The molecule has 0 atom stereocenters. The zero-order chi connectivity index (χ0) is 6.41. The fourth-order valence-corrected chi connectivity index (χ4v) is 0.599. The minimum absolute atomic E-state index is 0.124. The third kappa shape index (κ3) is 5.76. The van der Waals surface area contributed by atoms with Crippen LogP contribution in [0.3, 0.4) is 0 Å². The molecule has 0 heterocycles. The van der Waals surface area contributed by atoms with Gasteiger partial charge in [0.15, 0.2) is 5.78 Å². The zero-order valence-corrected chi connectivity index (χ0v) is 5.99.